The Labute approximate surface area is 106 Å². The molecule has 6 heteroatoms. The molecule has 2 N–H and O–H groups in total. The molecule has 0 aromatic heterocycles. The van der Waals surface area contributed by atoms with Crippen LogP contribution >= 0.6 is 35.6 Å². The van der Waals surface area contributed by atoms with Crippen molar-refractivity contribution in [3.05, 3.63) is 33.7 Å². The molecule has 0 bridgehead atoms. The molecule has 1 heterocycles. The lowest BCUT2D eigenvalue weighted by molar-refractivity contribution is -0.115. The molecule has 3 nitrogen and oxygen atoms in total. The van der Waals surface area contributed by atoms with E-state index in [1.807, 2.05) is 0 Å². The second-order valence-electron chi connectivity index (χ2n) is 3.06. The summed E-state index contributed by atoms with van der Waals surface area (Å²) in [6.45, 7) is 0. The van der Waals surface area contributed by atoms with Crippen molar-refractivity contribution in [3.63, 3.8) is 0 Å². The zero-order chi connectivity index (χ0) is 11.7. The fourth-order valence-corrected chi connectivity index (χ4v) is 2.42. The van der Waals surface area contributed by atoms with Crippen LogP contribution in [-0.2, 0) is 4.79 Å². The van der Waals surface area contributed by atoms with Crippen molar-refractivity contribution >= 4 is 51.9 Å². The number of hydrogen-bond donors (Lipinski definition) is 2. The van der Waals surface area contributed by atoms with Gasteiger partial charge in [0.2, 0.25) is 0 Å². The smallest absolute Gasteiger partial charge is 0.263 e. The predicted molar refractivity (Wildman–Crippen MR) is 69.4 cm³/mol. The van der Waals surface area contributed by atoms with E-state index in [1.165, 1.54) is 17.8 Å². The first-order valence-electron chi connectivity index (χ1n) is 4.29. The number of rotatable bonds is 1. The first kappa shape index (κ1) is 11.4. The standard InChI is InChI=1S/C10H6ClNO2S2/c11-6-3-5(1-2-7(6)13)4-8-9(14)12-10(15)16-8/h1-4,13H,(H,12,14,15)/b8-4+. The van der Waals surface area contributed by atoms with Crippen LogP contribution in [0, 0.1) is 0 Å². The summed E-state index contributed by atoms with van der Waals surface area (Å²) >= 11 is 11.8. The number of halogens is 1. The van der Waals surface area contributed by atoms with Crippen LogP contribution in [0.3, 0.4) is 0 Å². The zero-order valence-corrected chi connectivity index (χ0v) is 10.2. The number of carbonyl (C=O) groups excluding carboxylic acids is 1. The summed E-state index contributed by atoms with van der Waals surface area (Å²) in [5.74, 6) is -0.193. The van der Waals surface area contributed by atoms with Gasteiger partial charge in [-0.2, -0.15) is 0 Å². The van der Waals surface area contributed by atoms with Gasteiger partial charge in [-0.15, -0.1) is 0 Å². The van der Waals surface area contributed by atoms with Gasteiger partial charge < -0.3 is 10.4 Å². The van der Waals surface area contributed by atoms with Gasteiger partial charge in [-0.05, 0) is 23.8 Å². The zero-order valence-electron chi connectivity index (χ0n) is 7.86. The van der Waals surface area contributed by atoms with Crippen LogP contribution in [0.1, 0.15) is 5.56 Å². The van der Waals surface area contributed by atoms with Crippen molar-refractivity contribution in [2.24, 2.45) is 0 Å². The summed E-state index contributed by atoms with van der Waals surface area (Å²) in [4.78, 5) is 11.9. The molecule has 0 radical (unpaired) electrons. The van der Waals surface area contributed by atoms with Crippen molar-refractivity contribution in [1.29, 1.82) is 0 Å². The minimum Gasteiger partial charge on any atom is -0.506 e. The molecule has 0 unspecified atom stereocenters. The van der Waals surface area contributed by atoms with E-state index in [4.69, 9.17) is 23.8 Å². The van der Waals surface area contributed by atoms with E-state index < -0.39 is 0 Å². The number of hydrogen-bond acceptors (Lipinski definition) is 4. The second-order valence-corrected chi connectivity index (χ2v) is 5.19. The molecule has 1 amide bonds. The summed E-state index contributed by atoms with van der Waals surface area (Å²) < 4.78 is 0.445. The molecule has 2 rings (SSSR count). The van der Waals surface area contributed by atoms with Gasteiger partial charge in [0, 0.05) is 0 Å². The number of aromatic hydroxyl groups is 1. The van der Waals surface area contributed by atoms with Crippen LogP contribution < -0.4 is 5.32 Å². The van der Waals surface area contributed by atoms with Crippen molar-refractivity contribution in [2.75, 3.05) is 0 Å². The molecule has 0 atom stereocenters. The quantitative estimate of drug-likeness (QED) is 0.609. The summed E-state index contributed by atoms with van der Waals surface area (Å²) in [5, 5.41) is 12.0. The highest BCUT2D eigenvalue weighted by atomic mass is 35.5. The number of benzene rings is 1. The monoisotopic (exact) mass is 271 g/mol. The SMILES string of the molecule is O=C1NC(=S)S/C1=C/c1ccc(O)c(Cl)c1. The molecular weight excluding hydrogens is 266 g/mol. The molecule has 1 saturated heterocycles. The van der Waals surface area contributed by atoms with Crippen LogP contribution in [0.15, 0.2) is 23.1 Å². The normalized spacial score (nSPS) is 17.9. The van der Waals surface area contributed by atoms with Gasteiger partial charge >= 0.3 is 0 Å². The summed E-state index contributed by atoms with van der Waals surface area (Å²) in [6.07, 6.45) is 1.67. The van der Waals surface area contributed by atoms with Gasteiger partial charge in [0.05, 0.1) is 9.93 Å². The number of thioether (sulfide) groups is 1. The number of phenolic OH excluding ortho intramolecular Hbond substituents is 1. The third kappa shape index (κ3) is 2.37. The lowest BCUT2D eigenvalue weighted by atomic mass is 10.2. The van der Waals surface area contributed by atoms with Crippen molar-refractivity contribution in [3.8, 4) is 5.75 Å². The Hall–Kier alpha value is -1.04. The van der Waals surface area contributed by atoms with Crippen LogP contribution in [-0.4, -0.2) is 15.3 Å². The van der Waals surface area contributed by atoms with Crippen LogP contribution in [0.5, 0.6) is 5.75 Å². The maximum Gasteiger partial charge on any atom is 0.263 e. The van der Waals surface area contributed by atoms with Gasteiger partial charge in [-0.1, -0.05) is 41.6 Å². The molecule has 0 spiro atoms. The molecule has 0 aliphatic carbocycles. The third-order valence-corrected chi connectivity index (χ3v) is 3.38. The van der Waals surface area contributed by atoms with E-state index in [0.717, 1.165) is 5.56 Å². The first-order chi connectivity index (χ1) is 7.56. The highest BCUT2D eigenvalue weighted by Gasteiger charge is 2.21. The van der Waals surface area contributed by atoms with Crippen LogP contribution in [0.2, 0.25) is 5.02 Å². The Morgan fingerprint density at radius 1 is 1.50 bits per heavy atom. The predicted octanol–water partition coefficient (Wildman–Crippen LogP) is 2.53. The van der Waals surface area contributed by atoms with Crippen molar-refractivity contribution in [2.45, 2.75) is 0 Å². The topological polar surface area (TPSA) is 49.3 Å². The van der Waals surface area contributed by atoms with E-state index in [0.29, 0.717) is 9.23 Å². The maximum absolute atomic E-state index is 11.4. The molecule has 0 saturated carbocycles. The summed E-state index contributed by atoms with van der Waals surface area (Å²) in [5.41, 5.74) is 0.741. The van der Waals surface area contributed by atoms with Crippen LogP contribution in [0.25, 0.3) is 6.08 Å². The minimum atomic E-state index is -0.209. The summed E-state index contributed by atoms with van der Waals surface area (Å²) in [6, 6.07) is 4.73. The fourth-order valence-electron chi connectivity index (χ4n) is 1.19. The molecule has 82 valence electrons. The molecule has 1 aliphatic rings. The van der Waals surface area contributed by atoms with Gasteiger partial charge in [-0.25, -0.2) is 0 Å². The molecule has 16 heavy (non-hydrogen) atoms. The van der Waals surface area contributed by atoms with E-state index >= 15 is 0 Å². The minimum absolute atomic E-state index is 0.0165. The number of carbonyl (C=O) groups is 1. The van der Waals surface area contributed by atoms with E-state index in [1.54, 1.807) is 18.2 Å². The molecular formula is C10H6ClNO2S2. The van der Waals surface area contributed by atoms with Gasteiger partial charge in [0.1, 0.15) is 10.1 Å². The highest BCUT2D eigenvalue weighted by Crippen LogP contribution is 2.29. The largest absolute Gasteiger partial charge is 0.506 e. The Bertz CT molecular complexity index is 514. The Morgan fingerprint density at radius 3 is 2.81 bits per heavy atom. The van der Waals surface area contributed by atoms with Gasteiger partial charge in [0.25, 0.3) is 5.91 Å². The van der Waals surface area contributed by atoms with E-state index in [-0.39, 0.29) is 16.7 Å². The molecule has 1 aliphatic heterocycles. The number of thiocarbonyl (C=S) groups is 1. The van der Waals surface area contributed by atoms with Gasteiger partial charge in [0.15, 0.2) is 0 Å². The van der Waals surface area contributed by atoms with Crippen molar-refractivity contribution < 1.29 is 9.90 Å². The number of nitrogens with one attached hydrogen (secondary N) is 1. The lowest BCUT2D eigenvalue weighted by Gasteiger charge is -1.98. The van der Waals surface area contributed by atoms with E-state index in [2.05, 4.69) is 5.32 Å². The highest BCUT2D eigenvalue weighted by molar-refractivity contribution is 8.26. The molecule has 1 aromatic carbocycles. The van der Waals surface area contributed by atoms with Crippen LogP contribution in [0.4, 0.5) is 0 Å². The number of amides is 1. The first-order valence-corrected chi connectivity index (χ1v) is 5.90. The number of phenols is 1. The van der Waals surface area contributed by atoms with Crippen molar-refractivity contribution in [1.82, 2.24) is 5.32 Å². The molecule has 1 aromatic rings. The average molecular weight is 272 g/mol. The summed E-state index contributed by atoms with van der Waals surface area (Å²) in [7, 11) is 0. The Kier molecular flexibility index (Phi) is 3.18. The second kappa shape index (κ2) is 4.45. The maximum atomic E-state index is 11.4. The fraction of sp³-hybridized carbons (Fsp3) is 0. The van der Waals surface area contributed by atoms with Gasteiger partial charge in [-0.3, -0.25) is 4.79 Å². The Balaban J connectivity index is 2.32. The van der Waals surface area contributed by atoms with E-state index in [9.17, 15) is 9.90 Å². The average Bonchev–Trinajstić information content (AvgIpc) is 2.51. The Morgan fingerprint density at radius 2 is 2.25 bits per heavy atom. The molecule has 1 fully saturated rings. The lowest BCUT2D eigenvalue weighted by Crippen LogP contribution is -2.17. The third-order valence-electron chi connectivity index (χ3n) is 1.91.